The Labute approximate surface area is 106 Å². The summed E-state index contributed by atoms with van der Waals surface area (Å²) in [5.41, 5.74) is -0.275. The number of aromatic nitrogens is 1. The van der Waals surface area contributed by atoms with E-state index in [0.29, 0.717) is 10.0 Å². The van der Waals surface area contributed by atoms with E-state index in [2.05, 4.69) is 25.6 Å². The fourth-order valence-electron chi connectivity index (χ4n) is 1.29. The molecule has 4 nitrogen and oxygen atoms in total. The summed E-state index contributed by atoms with van der Waals surface area (Å²) in [5, 5.41) is 15.6. The van der Waals surface area contributed by atoms with Crippen molar-refractivity contribution < 1.29 is 23.2 Å². The molecule has 90 valence electrons. The minimum absolute atomic E-state index is 0.0964. The number of carboxylic acid groups (broad SMARTS) is 1. The smallest absolute Gasteiger partial charge is 0.341 e. The Hall–Kier alpha value is -1.28. The summed E-state index contributed by atoms with van der Waals surface area (Å²) in [6.45, 7) is 0. The molecular weight excluding hydrogens is 320 g/mol. The molecule has 0 aliphatic heterocycles. The molecule has 0 bridgehead atoms. The van der Waals surface area contributed by atoms with E-state index in [-0.39, 0.29) is 5.69 Å². The summed E-state index contributed by atoms with van der Waals surface area (Å²) in [7, 11) is 0. The molecule has 0 aliphatic carbocycles. The average Bonchev–Trinajstić information content (AvgIpc) is 2.82. The van der Waals surface area contributed by atoms with Crippen LogP contribution in [0.25, 0.3) is 11.3 Å². The van der Waals surface area contributed by atoms with Crippen LogP contribution in [-0.2, 0) is 0 Å². The van der Waals surface area contributed by atoms with Gasteiger partial charge in [0.25, 0.3) is 6.43 Å². The molecule has 2 aromatic heterocycles. The molecule has 2 heterocycles. The normalized spacial score (nSPS) is 11.1. The van der Waals surface area contributed by atoms with E-state index in [1.807, 2.05) is 0 Å². The van der Waals surface area contributed by atoms with Crippen LogP contribution in [0, 0.1) is 0 Å². The van der Waals surface area contributed by atoms with Crippen molar-refractivity contribution in [2.24, 2.45) is 0 Å². The van der Waals surface area contributed by atoms with Gasteiger partial charge >= 0.3 is 5.97 Å². The van der Waals surface area contributed by atoms with Gasteiger partial charge in [-0.15, -0.1) is 0 Å². The average molecular weight is 324 g/mol. The molecule has 0 spiro atoms. The lowest BCUT2D eigenvalue weighted by atomic mass is 10.1. The van der Waals surface area contributed by atoms with E-state index in [1.165, 1.54) is 11.3 Å². The fraction of sp³-hybridized carbons (Fsp3) is 0.111. The van der Waals surface area contributed by atoms with E-state index in [1.54, 1.807) is 10.8 Å². The van der Waals surface area contributed by atoms with Crippen molar-refractivity contribution >= 4 is 33.2 Å². The van der Waals surface area contributed by atoms with Gasteiger partial charge in [-0.1, -0.05) is 5.16 Å². The van der Waals surface area contributed by atoms with E-state index in [0.717, 1.165) is 0 Å². The van der Waals surface area contributed by atoms with Crippen LogP contribution in [0.4, 0.5) is 8.78 Å². The molecule has 0 fully saturated rings. The van der Waals surface area contributed by atoms with Gasteiger partial charge < -0.3 is 9.63 Å². The second-order valence-corrected chi connectivity index (χ2v) is 4.61. The van der Waals surface area contributed by atoms with Gasteiger partial charge in [-0.05, 0) is 15.9 Å². The number of thiophene rings is 1. The summed E-state index contributed by atoms with van der Waals surface area (Å²) < 4.78 is 30.1. The predicted octanol–water partition coefficient (Wildman–Crippen LogP) is 3.80. The summed E-state index contributed by atoms with van der Waals surface area (Å²) in [5.74, 6) is -2.42. The number of halogens is 3. The molecule has 8 heteroatoms. The van der Waals surface area contributed by atoms with Crippen molar-refractivity contribution in [3.63, 3.8) is 0 Å². The van der Waals surface area contributed by atoms with Crippen LogP contribution in [0.1, 0.15) is 22.5 Å². The number of hydrogen-bond acceptors (Lipinski definition) is 4. The highest BCUT2D eigenvalue weighted by molar-refractivity contribution is 9.10. The Balaban J connectivity index is 2.64. The van der Waals surface area contributed by atoms with Crippen LogP contribution < -0.4 is 0 Å². The maximum absolute atomic E-state index is 12.5. The van der Waals surface area contributed by atoms with E-state index >= 15 is 0 Å². The number of hydrogen-bond donors (Lipinski definition) is 1. The summed E-state index contributed by atoms with van der Waals surface area (Å²) in [4.78, 5) is 11.0. The third kappa shape index (κ3) is 2.09. The van der Waals surface area contributed by atoms with E-state index < -0.39 is 23.7 Å². The largest absolute Gasteiger partial charge is 0.477 e. The van der Waals surface area contributed by atoms with Crippen molar-refractivity contribution in [2.75, 3.05) is 0 Å². The van der Waals surface area contributed by atoms with Gasteiger partial charge in [-0.2, -0.15) is 11.3 Å². The molecule has 0 radical (unpaired) electrons. The lowest BCUT2D eigenvalue weighted by Crippen LogP contribution is -2.01. The molecule has 0 unspecified atom stereocenters. The summed E-state index contributed by atoms with van der Waals surface area (Å²) in [6, 6.07) is 0. The quantitative estimate of drug-likeness (QED) is 0.933. The third-order valence-electron chi connectivity index (χ3n) is 2.00. The van der Waals surface area contributed by atoms with Gasteiger partial charge in [0.2, 0.25) is 5.76 Å². The van der Waals surface area contributed by atoms with Crippen LogP contribution in [0.2, 0.25) is 0 Å². The highest BCUT2D eigenvalue weighted by atomic mass is 79.9. The maximum Gasteiger partial charge on any atom is 0.341 e. The molecule has 0 amide bonds. The van der Waals surface area contributed by atoms with Crippen molar-refractivity contribution in [3.05, 3.63) is 26.6 Å². The second-order valence-electron chi connectivity index (χ2n) is 3.01. The standard InChI is InChI=1S/C9H4BrF2NO3S/c10-4-2-17-1-3(4)6-5(9(14)15)7(8(11)12)16-13-6/h1-2,8H,(H,14,15). The minimum atomic E-state index is -3.01. The van der Waals surface area contributed by atoms with Crippen LogP contribution in [0.15, 0.2) is 19.8 Å². The van der Waals surface area contributed by atoms with Gasteiger partial charge in [0.1, 0.15) is 11.3 Å². The summed E-state index contributed by atoms with van der Waals surface area (Å²) >= 11 is 4.47. The monoisotopic (exact) mass is 323 g/mol. The van der Waals surface area contributed by atoms with Crippen molar-refractivity contribution in [2.45, 2.75) is 6.43 Å². The number of aromatic carboxylic acids is 1. The molecule has 0 saturated heterocycles. The van der Waals surface area contributed by atoms with E-state index in [9.17, 15) is 13.6 Å². The Kier molecular flexibility index (Phi) is 3.25. The molecule has 0 aromatic carbocycles. The molecule has 0 aliphatic rings. The number of carboxylic acids is 1. The first-order valence-electron chi connectivity index (χ1n) is 4.25. The second kappa shape index (κ2) is 4.53. The zero-order valence-electron chi connectivity index (χ0n) is 7.99. The van der Waals surface area contributed by atoms with Crippen LogP contribution >= 0.6 is 27.3 Å². The van der Waals surface area contributed by atoms with Crippen LogP contribution in [0.3, 0.4) is 0 Å². The number of carbonyl (C=O) groups is 1. The first-order valence-corrected chi connectivity index (χ1v) is 5.99. The molecular formula is C9H4BrF2NO3S. The summed E-state index contributed by atoms with van der Waals surface area (Å²) in [6.07, 6.45) is -3.01. The SMILES string of the molecule is O=C(O)c1c(-c2cscc2Br)noc1C(F)F. The van der Waals surface area contributed by atoms with E-state index in [4.69, 9.17) is 5.11 Å². The van der Waals surface area contributed by atoms with Crippen molar-refractivity contribution in [3.8, 4) is 11.3 Å². The number of alkyl halides is 2. The topological polar surface area (TPSA) is 63.3 Å². The zero-order chi connectivity index (χ0) is 12.6. The lowest BCUT2D eigenvalue weighted by Gasteiger charge is -1.97. The molecule has 1 N–H and O–H groups in total. The predicted molar refractivity (Wildman–Crippen MR) is 59.4 cm³/mol. The van der Waals surface area contributed by atoms with Crippen molar-refractivity contribution in [1.29, 1.82) is 0 Å². The molecule has 0 atom stereocenters. The molecule has 17 heavy (non-hydrogen) atoms. The highest BCUT2D eigenvalue weighted by Gasteiger charge is 2.30. The zero-order valence-corrected chi connectivity index (χ0v) is 10.4. The lowest BCUT2D eigenvalue weighted by molar-refractivity contribution is 0.0670. The molecule has 2 aromatic rings. The minimum Gasteiger partial charge on any atom is -0.477 e. The Morgan fingerprint density at radius 2 is 2.24 bits per heavy atom. The number of rotatable bonds is 3. The first kappa shape index (κ1) is 12.2. The van der Waals surface area contributed by atoms with Crippen LogP contribution in [0.5, 0.6) is 0 Å². The third-order valence-corrected chi connectivity index (χ3v) is 3.70. The molecule has 2 rings (SSSR count). The van der Waals surface area contributed by atoms with Gasteiger partial charge in [0.05, 0.1) is 0 Å². The van der Waals surface area contributed by atoms with Crippen LogP contribution in [-0.4, -0.2) is 16.2 Å². The molecule has 0 saturated carbocycles. The van der Waals surface area contributed by atoms with Gasteiger partial charge in [0, 0.05) is 20.8 Å². The van der Waals surface area contributed by atoms with Crippen molar-refractivity contribution in [1.82, 2.24) is 5.16 Å². The first-order chi connectivity index (χ1) is 8.02. The Bertz CT molecular complexity index is 566. The van der Waals surface area contributed by atoms with Gasteiger partial charge in [0.15, 0.2) is 0 Å². The fourth-order valence-corrected chi connectivity index (χ4v) is 2.76. The maximum atomic E-state index is 12.5. The Morgan fingerprint density at radius 1 is 1.53 bits per heavy atom. The highest BCUT2D eigenvalue weighted by Crippen LogP contribution is 2.36. The van der Waals surface area contributed by atoms with Gasteiger partial charge in [-0.3, -0.25) is 0 Å². The number of nitrogens with zero attached hydrogens (tertiary/aromatic N) is 1. The van der Waals surface area contributed by atoms with Gasteiger partial charge in [-0.25, -0.2) is 13.6 Å². The Morgan fingerprint density at radius 3 is 2.71 bits per heavy atom.